The third-order valence-corrected chi connectivity index (χ3v) is 8.80. The van der Waals surface area contributed by atoms with Crippen molar-refractivity contribution in [1.29, 1.82) is 0 Å². The van der Waals surface area contributed by atoms with Crippen LogP contribution in [0.25, 0.3) is 0 Å². The molecule has 1 saturated heterocycles. The van der Waals surface area contributed by atoms with Crippen molar-refractivity contribution in [2.24, 2.45) is 17.3 Å². The fourth-order valence-electron chi connectivity index (χ4n) is 7.88. The van der Waals surface area contributed by atoms with E-state index in [1.807, 2.05) is 6.92 Å². The molecule has 2 atom stereocenters. The van der Waals surface area contributed by atoms with Gasteiger partial charge in [0.1, 0.15) is 0 Å². The highest BCUT2D eigenvalue weighted by atomic mass is 16.2. The van der Waals surface area contributed by atoms with Gasteiger partial charge in [0.05, 0.1) is 12.0 Å². The number of nitrogens with one attached hydrogen (secondary N) is 1. The van der Waals surface area contributed by atoms with Gasteiger partial charge in [-0.05, 0) is 81.6 Å². The number of likely N-dealkylation sites (N-methyl/N-ethyl adjacent to an activating group) is 1. The molecule has 1 aliphatic heterocycles. The number of nitrogens with zero attached hydrogens (tertiary/aromatic N) is 2. The molecule has 2 unspecified atom stereocenters. The Kier molecular flexibility index (Phi) is 5.81. The summed E-state index contributed by atoms with van der Waals surface area (Å²) < 4.78 is 0. The molecule has 1 heterocycles. The lowest BCUT2D eigenvalue weighted by atomic mass is 9.42. The average Bonchev–Trinajstić information content (AvgIpc) is 2.98. The molecule has 1 N–H and O–H groups in total. The van der Waals surface area contributed by atoms with Gasteiger partial charge in [-0.1, -0.05) is 29.8 Å². The molecule has 4 saturated carbocycles. The maximum atomic E-state index is 14.1. The van der Waals surface area contributed by atoms with Crippen molar-refractivity contribution in [3.8, 4) is 0 Å². The number of hydrogen-bond donors (Lipinski definition) is 1. The van der Waals surface area contributed by atoms with E-state index >= 15 is 0 Å². The molecule has 6 rings (SSSR count). The Hall–Kier alpha value is -1.88. The van der Waals surface area contributed by atoms with Crippen LogP contribution in [0.4, 0.5) is 0 Å². The molecule has 0 spiro atoms. The van der Waals surface area contributed by atoms with Crippen LogP contribution in [0.1, 0.15) is 63.0 Å². The summed E-state index contributed by atoms with van der Waals surface area (Å²) in [7, 11) is 0. The summed E-state index contributed by atoms with van der Waals surface area (Å²) in [5.74, 6) is 1.90. The van der Waals surface area contributed by atoms with Gasteiger partial charge in [0.2, 0.25) is 11.8 Å². The molecule has 5 aliphatic rings. The third-order valence-electron chi connectivity index (χ3n) is 8.80. The molecule has 4 bridgehead atoms. The van der Waals surface area contributed by atoms with E-state index in [1.54, 1.807) is 0 Å². The molecule has 2 amide bonds. The predicted molar refractivity (Wildman–Crippen MR) is 126 cm³/mol. The first-order valence-corrected chi connectivity index (χ1v) is 12.8. The SMILES string of the molecule is CCNC(=O)CN1CCCN(C(=O)C23CC4CC(C2)CC(c2ccc(C)cc2)(C4)C3)CC1. The molecule has 1 aromatic carbocycles. The summed E-state index contributed by atoms with van der Waals surface area (Å²) in [5.41, 5.74) is 2.82. The second kappa shape index (κ2) is 8.48. The Morgan fingerprint density at radius 2 is 1.72 bits per heavy atom. The van der Waals surface area contributed by atoms with E-state index in [9.17, 15) is 9.59 Å². The smallest absolute Gasteiger partial charge is 0.234 e. The fraction of sp³-hybridized carbons (Fsp3) is 0.704. The van der Waals surface area contributed by atoms with Crippen LogP contribution in [0, 0.1) is 24.2 Å². The number of carbonyl (C=O) groups is 2. The molecule has 5 fully saturated rings. The van der Waals surface area contributed by atoms with Crippen LogP contribution >= 0.6 is 0 Å². The van der Waals surface area contributed by atoms with Crippen molar-refractivity contribution in [3.63, 3.8) is 0 Å². The number of amides is 2. The lowest BCUT2D eigenvalue weighted by molar-refractivity contribution is -0.160. The zero-order valence-electron chi connectivity index (χ0n) is 19.9. The number of hydrogen-bond acceptors (Lipinski definition) is 3. The molecular weight excluding hydrogens is 398 g/mol. The minimum Gasteiger partial charge on any atom is -0.355 e. The van der Waals surface area contributed by atoms with Crippen LogP contribution in [-0.2, 0) is 15.0 Å². The molecule has 5 heteroatoms. The van der Waals surface area contributed by atoms with Gasteiger partial charge in [0.25, 0.3) is 0 Å². The van der Waals surface area contributed by atoms with Crippen molar-refractivity contribution in [2.45, 2.75) is 64.2 Å². The second-order valence-electron chi connectivity index (χ2n) is 11.3. The van der Waals surface area contributed by atoms with Crippen molar-refractivity contribution >= 4 is 11.8 Å². The van der Waals surface area contributed by atoms with Crippen molar-refractivity contribution in [3.05, 3.63) is 35.4 Å². The topological polar surface area (TPSA) is 52.7 Å². The van der Waals surface area contributed by atoms with Crippen LogP contribution in [0.5, 0.6) is 0 Å². The molecule has 4 aliphatic carbocycles. The number of benzene rings is 1. The Balaban J connectivity index is 1.32. The Morgan fingerprint density at radius 3 is 2.41 bits per heavy atom. The lowest BCUT2D eigenvalue weighted by Crippen LogP contribution is -2.59. The second-order valence-corrected chi connectivity index (χ2v) is 11.3. The fourth-order valence-corrected chi connectivity index (χ4v) is 7.88. The first-order valence-electron chi connectivity index (χ1n) is 12.8. The van der Waals surface area contributed by atoms with Gasteiger partial charge in [-0.15, -0.1) is 0 Å². The van der Waals surface area contributed by atoms with Gasteiger partial charge in [-0.2, -0.15) is 0 Å². The normalized spacial score (nSPS) is 34.4. The lowest BCUT2D eigenvalue weighted by Gasteiger charge is -2.62. The van der Waals surface area contributed by atoms with Gasteiger partial charge in [0, 0.05) is 32.7 Å². The van der Waals surface area contributed by atoms with Crippen LogP contribution in [0.2, 0.25) is 0 Å². The predicted octanol–water partition coefficient (Wildman–Crippen LogP) is 3.50. The van der Waals surface area contributed by atoms with Crippen molar-refractivity contribution in [2.75, 3.05) is 39.3 Å². The molecule has 5 nitrogen and oxygen atoms in total. The highest BCUT2D eigenvalue weighted by molar-refractivity contribution is 5.84. The molecule has 1 aromatic rings. The monoisotopic (exact) mass is 437 g/mol. The summed E-state index contributed by atoms with van der Waals surface area (Å²) in [4.78, 5) is 30.5. The minimum absolute atomic E-state index is 0.0911. The first-order chi connectivity index (χ1) is 15.4. The Morgan fingerprint density at radius 1 is 1.00 bits per heavy atom. The highest BCUT2D eigenvalue weighted by Crippen LogP contribution is 2.66. The summed E-state index contributed by atoms with van der Waals surface area (Å²) >= 11 is 0. The van der Waals surface area contributed by atoms with Gasteiger partial charge in [0.15, 0.2) is 0 Å². The quantitative estimate of drug-likeness (QED) is 0.767. The Labute approximate surface area is 192 Å². The van der Waals surface area contributed by atoms with E-state index in [1.165, 1.54) is 30.4 Å². The van der Waals surface area contributed by atoms with E-state index in [-0.39, 0.29) is 16.7 Å². The zero-order valence-corrected chi connectivity index (χ0v) is 19.9. The van der Waals surface area contributed by atoms with E-state index in [2.05, 4.69) is 46.3 Å². The van der Waals surface area contributed by atoms with Gasteiger partial charge in [-0.25, -0.2) is 0 Å². The number of carbonyl (C=O) groups excluding carboxylic acids is 2. The minimum atomic E-state index is -0.163. The summed E-state index contributed by atoms with van der Waals surface area (Å²) in [6, 6.07) is 9.18. The van der Waals surface area contributed by atoms with E-state index in [0.29, 0.717) is 30.8 Å². The van der Waals surface area contributed by atoms with E-state index in [4.69, 9.17) is 0 Å². The summed E-state index contributed by atoms with van der Waals surface area (Å²) in [6.07, 6.45) is 8.03. The van der Waals surface area contributed by atoms with E-state index in [0.717, 1.165) is 51.9 Å². The average molecular weight is 438 g/mol. The molecule has 0 radical (unpaired) electrons. The van der Waals surface area contributed by atoms with Crippen LogP contribution in [-0.4, -0.2) is 60.9 Å². The molecule has 32 heavy (non-hydrogen) atoms. The standard InChI is InChI=1S/C27H39N3O2/c1-3-28-24(31)18-29-9-4-10-30(12-11-29)25(32)27-16-21-13-22(17-27)15-26(14-21,19-27)23-7-5-20(2)6-8-23/h5-8,21-22H,3-4,9-19H2,1-2H3,(H,28,31). The van der Waals surface area contributed by atoms with Gasteiger partial charge >= 0.3 is 0 Å². The highest BCUT2D eigenvalue weighted by Gasteiger charge is 2.61. The van der Waals surface area contributed by atoms with Gasteiger partial charge in [-0.3, -0.25) is 14.5 Å². The number of rotatable bonds is 5. The van der Waals surface area contributed by atoms with Crippen LogP contribution in [0.3, 0.4) is 0 Å². The largest absolute Gasteiger partial charge is 0.355 e. The molecule has 0 aromatic heterocycles. The van der Waals surface area contributed by atoms with Gasteiger partial charge < -0.3 is 10.2 Å². The van der Waals surface area contributed by atoms with Crippen LogP contribution in [0.15, 0.2) is 24.3 Å². The summed E-state index contributed by atoms with van der Waals surface area (Å²) in [5, 5.41) is 2.90. The van der Waals surface area contributed by atoms with E-state index < -0.39 is 0 Å². The number of aryl methyl sites for hydroxylation is 1. The maximum Gasteiger partial charge on any atom is 0.234 e. The Bertz CT molecular complexity index is 850. The molecule has 174 valence electrons. The first kappa shape index (κ1) is 21.9. The zero-order chi connectivity index (χ0) is 22.3. The van der Waals surface area contributed by atoms with Crippen molar-refractivity contribution in [1.82, 2.24) is 15.1 Å². The van der Waals surface area contributed by atoms with Crippen LogP contribution < -0.4 is 5.32 Å². The maximum absolute atomic E-state index is 14.1. The third kappa shape index (κ3) is 3.98. The molecular formula is C27H39N3O2. The summed E-state index contributed by atoms with van der Waals surface area (Å²) in [6.45, 7) is 8.51. The van der Waals surface area contributed by atoms with Crippen molar-refractivity contribution < 1.29 is 9.59 Å².